The number of hydrogen-bond donors (Lipinski definition) is 2. The SMILES string of the molecule is CCC[C@@]1(C(=O)O)CN(C(=O)c2cccn2C)CC[C@H]1O. The Morgan fingerprint density at radius 2 is 2.19 bits per heavy atom. The van der Waals surface area contributed by atoms with E-state index in [4.69, 9.17) is 0 Å². The van der Waals surface area contributed by atoms with E-state index in [0.717, 1.165) is 0 Å². The van der Waals surface area contributed by atoms with E-state index in [0.29, 0.717) is 31.5 Å². The van der Waals surface area contributed by atoms with Crippen LogP contribution in [0.25, 0.3) is 0 Å². The van der Waals surface area contributed by atoms with Crippen LogP contribution < -0.4 is 0 Å². The van der Waals surface area contributed by atoms with Gasteiger partial charge in [0.15, 0.2) is 0 Å². The maximum Gasteiger partial charge on any atom is 0.314 e. The lowest BCUT2D eigenvalue weighted by Gasteiger charge is -2.43. The number of aryl methyl sites for hydroxylation is 1. The van der Waals surface area contributed by atoms with Crippen molar-refractivity contribution in [1.29, 1.82) is 0 Å². The number of aliphatic carboxylic acids is 1. The summed E-state index contributed by atoms with van der Waals surface area (Å²) in [5, 5.41) is 19.8. The van der Waals surface area contributed by atoms with Crippen LogP contribution in [0.2, 0.25) is 0 Å². The predicted octanol–water partition coefficient (Wildman–Crippen LogP) is 1.10. The Balaban J connectivity index is 2.26. The van der Waals surface area contributed by atoms with Gasteiger partial charge in [-0.25, -0.2) is 0 Å². The monoisotopic (exact) mass is 294 g/mol. The predicted molar refractivity (Wildman–Crippen MR) is 76.9 cm³/mol. The standard InChI is InChI=1S/C15H22N2O4/c1-3-7-15(14(20)21)10-17(9-6-12(15)18)13(19)11-5-4-8-16(11)2/h4-5,8,12,18H,3,6-7,9-10H2,1-2H3,(H,20,21)/t12-,15-/m1/s1. The largest absolute Gasteiger partial charge is 0.481 e. The van der Waals surface area contributed by atoms with Gasteiger partial charge in [0.1, 0.15) is 11.1 Å². The molecule has 116 valence electrons. The summed E-state index contributed by atoms with van der Waals surface area (Å²) in [4.78, 5) is 25.8. The van der Waals surface area contributed by atoms with Crippen molar-refractivity contribution >= 4 is 11.9 Å². The molecular weight excluding hydrogens is 272 g/mol. The third-order valence-corrected chi connectivity index (χ3v) is 4.36. The molecule has 1 amide bonds. The molecular formula is C15H22N2O4. The molecule has 0 spiro atoms. The zero-order valence-corrected chi connectivity index (χ0v) is 12.5. The van der Waals surface area contributed by atoms with Gasteiger partial charge in [-0.2, -0.15) is 0 Å². The Labute approximate surface area is 124 Å². The van der Waals surface area contributed by atoms with Gasteiger partial charge in [-0.05, 0) is 25.0 Å². The number of aliphatic hydroxyl groups excluding tert-OH is 1. The Hall–Kier alpha value is -1.82. The van der Waals surface area contributed by atoms with Gasteiger partial charge < -0.3 is 19.7 Å². The summed E-state index contributed by atoms with van der Waals surface area (Å²) in [5.41, 5.74) is -0.726. The Kier molecular flexibility index (Phi) is 4.37. The average Bonchev–Trinajstić information content (AvgIpc) is 2.86. The molecule has 1 aliphatic heterocycles. The second-order valence-corrected chi connectivity index (χ2v) is 5.75. The fourth-order valence-corrected chi connectivity index (χ4v) is 3.11. The number of nitrogens with zero attached hydrogens (tertiary/aromatic N) is 2. The first-order valence-corrected chi connectivity index (χ1v) is 7.24. The molecule has 2 atom stereocenters. The van der Waals surface area contributed by atoms with Crippen LogP contribution in [-0.4, -0.2) is 50.8 Å². The molecule has 0 radical (unpaired) electrons. The number of likely N-dealkylation sites (tertiary alicyclic amines) is 1. The van der Waals surface area contributed by atoms with Gasteiger partial charge >= 0.3 is 5.97 Å². The van der Waals surface area contributed by atoms with Crippen LogP contribution >= 0.6 is 0 Å². The van der Waals surface area contributed by atoms with E-state index in [1.807, 2.05) is 6.92 Å². The molecule has 0 bridgehead atoms. The minimum absolute atomic E-state index is 0.0569. The lowest BCUT2D eigenvalue weighted by Crippen LogP contribution is -2.57. The highest BCUT2D eigenvalue weighted by molar-refractivity contribution is 5.93. The van der Waals surface area contributed by atoms with E-state index in [2.05, 4.69) is 0 Å². The minimum Gasteiger partial charge on any atom is -0.481 e. The number of carboxylic acid groups (broad SMARTS) is 1. The second kappa shape index (κ2) is 5.89. The summed E-state index contributed by atoms with van der Waals surface area (Å²) in [5.74, 6) is -1.21. The molecule has 2 rings (SSSR count). The zero-order chi connectivity index (χ0) is 15.6. The lowest BCUT2D eigenvalue weighted by atomic mass is 9.74. The number of carbonyl (C=O) groups is 2. The van der Waals surface area contributed by atoms with Gasteiger partial charge in [0.2, 0.25) is 0 Å². The third-order valence-electron chi connectivity index (χ3n) is 4.36. The molecule has 0 aromatic carbocycles. The first-order chi connectivity index (χ1) is 9.92. The number of carbonyl (C=O) groups excluding carboxylic acids is 1. The smallest absolute Gasteiger partial charge is 0.314 e. The van der Waals surface area contributed by atoms with Gasteiger partial charge in [-0.15, -0.1) is 0 Å². The summed E-state index contributed by atoms with van der Waals surface area (Å²) in [6.07, 6.45) is 2.17. The van der Waals surface area contributed by atoms with E-state index >= 15 is 0 Å². The van der Waals surface area contributed by atoms with Crippen LogP contribution in [0.1, 0.15) is 36.7 Å². The molecule has 0 saturated carbocycles. The molecule has 1 saturated heterocycles. The summed E-state index contributed by atoms with van der Waals surface area (Å²) in [6.45, 7) is 2.32. The number of piperidine rings is 1. The van der Waals surface area contributed by atoms with Gasteiger partial charge in [-0.3, -0.25) is 9.59 Å². The van der Waals surface area contributed by atoms with Crippen molar-refractivity contribution in [2.45, 2.75) is 32.3 Å². The highest BCUT2D eigenvalue weighted by atomic mass is 16.4. The third kappa shape index (κ3) is 2.68. The van der Waals surface area contributed by atoms with Crippen molar-refractivity contribution in [3.05, 3.63) is 24.0 Å². The van der Waals surface area contributed by atoms with Crippen LogP contribution in [0.15, 0.2) is 18.3 Å². The van der Waals surface area contributed by atoms with Gasteiger partial charge in [0.25, 0.3) is 5.91 Å². The van der Waals surface area contributed by atoms with E-state index in [-0.39, 0.29) is 12.5 Å². The summed E-state index contributed by atoms with van der Waals surface area (Å²) in [6, 6.07) is 3.50. The van der Waals surface area contributed by atoms with Crippen molar-refractivity contribution in [3.8, 4) is 0 Å². The van der Waals surface area contributed by atoms with Crippen molar-refractivity contribution in [3.63, 3.8) is 0 Å². The minimum atomic E-state index is -1.26. The maximum atomic E-state index is 12.5. The summed E-state index contributed by atoms with van der Waals surface area (Å²) in [7, 11) is 1.78. The molecule has 1 aromatic rings. The van der Waals surface area contributed by atoms with Crippen LogP contribution in [0.5, 0.6) is 0 Å². The van der Waals surface area contributed by atoms with Crippen molar-refractivity contribution < 1.29 is 19.8 Å². The average molecular weight is 294 g/mol. The fraction of sp³-hybridized carbons (Fsp3) is 0.600. The number of hydrogen-bond acceptors (Lipinski definition) is 3. The van der Waals surface area contributed by atoms with E-state index in [1.165, 1.54) is 0 Å². The number of aromatic nitrogens is 1. The van der Waals surface area contributed by atoms with Crippen LogP contribution in [-0.2, 0) is 11.8 Å². The topological polar surface area (TPSA) is 82.8 Å². The van der Waals surface area contributed by atoms with E-state index in [9.17, 15) is 19.8 Å². The molecule has 6 nitrogen and oxygen atoms in total. The molecule has 21 heavy (non-hydrogen) atoms. The van der Waals surface area contributed by atoms with Crippen molar-refractivity contribution in [1.82, 2.24) is 9.47 Å². The van der Waals surface area contributed by atoms with Gasteiger partial charge in [0, 0.05) is 26.3 Å². The van der Waals surface area contributed by atoms with Crippen molar-refractivity contribution in [2.24, 2.45) is 12.5 Å². The number of rotatable bonds is 4. The molecule has 1 aromatic heterocycles. The number of carboxylic acids is 1. The summed E-state index contributed by atoms with van der Waals surface area (Å²) >= 11 is 0. The maximum absolute atomic E-state index is 12.5. The van der Waals surface area contributed by atoms with Crippen LogP contribution in [0, 0.1) is 5.41 Å². The molecule has 6 heteroatoms. The van der Waals surface area contributed by atoms with Crippen LogP contribution in [0.4, 0.5) is 0 Å². The Bertz CT molecular complexity index is 540. The lowest BCUT2D eigenvalue weighted by molar-refractivity contribution is -0.162. The first kappa shape index (κ1) is 15.6. The molecule has 1 aliphatic rings. The van der Waals surface area contributed by atoms with Crippen LogP contribution in [0.3, 0.4) is 0 Å². The molecule has 1 fully saturated rings. The first-order valence-electron chi connectivity index (χ1n) is 7.24. The fourth-order valence-electron chi connectivity index (χ4n) is 3.11. The highest BCUT2D eigenvalue weighted by Gasteiger charge is 2.49. The normalized spacial score (nSPS) is 25.9. The van der Waals surface area contributed by atoms with E-state index < -0.39 is 17.5 Å². The van der Waals surface area contributed by atoms with Gasteiger partial charge in [-0.1, -0.05) is 13.3 Å². The summed E-state index contributed by atoms with van der Waals surface area (Å²) < 4.78 is 1.72. The highest BCUT2D eigenvalue weighted by Crippen LogP contribution is 2.36. The molecule has 0 unspecified atom stereocenters. The number of amides is 1. The quantitative estimate of drug-likeness (QED) is 0.871. The molecule has 2 N–H and O–H groups in total. The number of aliphatic hydroxyl groups is 1. The molecule has 2 heterocycles. The zero-order valence-electron chi connectivity index (χ0n) is 12.5. The Morgan fingerprint density at radius 3 is 2.71 bits per heavy atom. The van der Waals surface area contributed by atoms with E-state index in [1.54, 1.807) is 34.8 Å². The van der Waals surface area contributed by atoms with Crippen molar-refractivity contribution in [2.75, 3.05) is 13.1 Å². The molecule has 0 aliphatic carbocycles. The Morgan fingerprint density at radius 1 is 1.48 bits per heavy atom. The van der Waals surface area contributed by atoms with Gasteiger partial charge in [0.05, 0.1) is 6.10 Å². The second-order valence-electron chi connectivity index (χ2n) is 5.75.